The molecule has 0 radical (unpaired) electrons. The molecule has 0 unspecified atom stereocenters. The van der Waals surface area contributed by atoms with Gasteiger partial charge in [-0.15, -0.1) is 0 Å². The van der Waals surface area contributed by atoms with Crippen molar-refractivity contribution in [3.8, 4) is 11.5 Å². The molecule has 3 aromatic rings. The summed E-state index contributed by atoms with van der Waals surface area (Å²) in [6.07, 6.45) is 4.41. The minimum absolute atomic E-state index is 0.0176. The lowest BCUT2D eigenvalue weighted by atomic mass is 10.2. The fraction of sp³-hybridized carbons (Fsp3) is 0.217. The van der Waals surface area contributed by atoms with Crippen LogP contribution in [0.4, 0.5) is 4.39 Å². The van der Waals surface area contributed by atoms with E-state index in [9.17, 15) is 9.18 Å². The van der Waals surface area contributed by atoms with Gasteiger partial charge in [0.2, 0.25) is 5.91 Å². The molecule has 0 aliphatic rings. The second kappa shape index (κ2) is 10.8. The van der Waals surface area contributed by atoms with Gasteiger partial charge in [-0.3, -0.25) is 9.78 Å². The van der Waals surface area contributed by atoms with Crippen molar-refractivity contribution in [3.63, 3.8) is 0 Å². The zero-order valence-electron chi connectivity index (χ0n) is 16.0. The number of hydrogen-bond acceptors (Lipinski definition) is 4. The second-order valence-corrected chi connectivity index (χ2v) is 6.47. The summed E-state index contributed by atoms with van der Waals surface area (Å²) >= 11 is 0. The van der Waals surface area contributed by atoms with E-state index in [0.717, 1.165) is 16.9 Å². The summed E-state index contributed by atoms with van der Waals surface area (Å²) in [7, 11) is 0. The van der Waals surface area contributed by atoms with Crippen LogP contribution in [0.3, 0.4) is 0 Å². The minimum atomic E-state index is -0.275. The number of ether oxygens (including phenoxy) is 2. The highest BCUT2D eigenvalue weighted by atomic mass is 19.1. The first kappa shape index (κ1) is 20.3. The molecule has 0 bridgehead atoms. The lowest BCUT2D eigenvalue weighted by Gasteiger charge is -2.09. The summed E-state index contributed by atoms with van der Waals surface area (Å²) in [5.41, 5.74) is 1.71. The van der Waals surface area contributed by atoms with Gasteiger partial charge in [-0.05, 0) is 66.1 Å². The molecule has 6 heteroatoms. The maximum atomic E-state index is 13.2. The Morgan fingerprint density at radius 1 is 0.931 bits per heavy atom. The largest absolute Gasteiger partial charge is 0.494 e. The number of rotatable bonds is 10. The van der Waals surface area contributed by atoms with Crippen LogP contribution >= 0.6 is 0 Å². The Balaban J connectivity index is 1.31. The maximum absolute atomic E-state index is 13.2. The molecule has 0 fully saturated rings. The van der Waals surface area contributed by atoms with Crippen molar-refractivity contribution in [2.24, 2.45) is 0 Å². The molecule has 0 spiro atoms. The fourth-order valence-corrected chi connectivity index (χ4v) is 2.66. The zero-order valence-corrected chi connectivity index (χ0v) is 16.0. The summed E-state index contributed by atoms with van der Waals surface area (Å²) in [5, 5.41) is 2.88. The monoisotopic (exact) mass is 394 g/mol. The molecule has 0 aliphatic heterocycles. The SMILES string of the molecule is O=C(Cc1ccncc1)NCCCOc1ccc(OCc2cccc(F)c2)cc1. The number of hydrogen-bond donors (Lipinski definition) is 1. The molecule has 150 valence electrons. The van der Waals surface area contributed by atoms with Crippen molar-refractivity contribution in [1.82, 2.24) is 10.3 Å². The Hall–Kier alpha value is -3.41. The van der Waals surface area contributed by atoms with Gasteiger partial charge in [-0.1, -0.05) is 12.1 Å². The number of amides is 1. The third-order valence-corrected chi connectivity index (χ3v) is 4.14. The van der Waals surface area contributed by atoms with E-state index in [0.29, 0.717) is 38.3 Å². The van der Waals surface area contributed by atoms with Gasteiger partial charge in [0.15, 0.2) is 0 Å². The van der Waals surface area contributed by atoms with Gasteiger partial charge in [0.1, 0.15) is 23.9 Å². The first-order valence-electron chi connectivity index (χ1n) is 9.45. The molecule has 2 aromatic carbocycles. The average Bonchev–Trinajstić information content (AvgIpc) is 2.74. The number of carbonyl (C=O) groups is 1. The molecule has 0 aliphatic carbocycles. The fourth-order valence-electron chi connectivity index (χ4n) is 2.66. The average molecular weight is 394 g/mol. The number of carbonyl (C=O) groups excluding carboxylic acids is 1. The molecule has 1 heterocycles. The van der Waals surface area contributed by atoms with Crippen molar-refractivity contribution in [1.29, 1.82) is 0 Å². The number of halogens is 1. The highest BCUT2D eigenvalue weighted by molar-refractivity contribution is 5.78. The van der Waals surface area contributed by atoms with E-state index in [1.807, 2.05) is 42.5 Å². The number of aromatic nitrogens is 1. The predicted octanol–water partition coefficient (Wildman–Crippen LogP) is 3.93. The van der Waals surface area contributed by atoms with Gasteiger partial charge in [-0.25, -0.2) is 4.39 Å². The summed E-state index contributed by atoms with van der Waals surface area (Å²) < 4.78 is 24.5. The minimum Gasteiger partial charge on any atom is -0.494 e. The van der Waals surface area contributed by atoms with Gasteiger partial charge < -0.3 is 14.8 Å². The predicted molar refractivity (Wildman–Crippen MR) is 108 cm³/mol. The Kier molecular flexibility index (Phi) is 7.57. The van der Waals surface area contributed by atoms with Crippen LogP contribution in [-0.4, -0.2) is 24.0 Å². The summed E-state index contributed by atoms with van der Waals surface area (Å²) in [6, 6.07) is 17.3. The highest BCUT2D eigenvalue weighted by Gasteiger charge is 2.03. The lowest BCUT2D eigenvalue weighted by molar-refractivity contribution is -0.120. The number of nitrogens with zero attached hydrogens (tertiary/aromatic N) is 1. The highest BCUT2D eigenvalue weighted by Crippen LogP contribution is 2.19. The van der Waals surface area contributed by atoms with Crippen molar-refractivity contribution in [2.75, 3.05) is 13.2 Å². The first-order valence-corrected chi connectivity index (χ1v) is 9.45. The molecule has 0 saturated carbocycles. The van der Waals surface area contributed by atoms with Gasteiger partial charge in [-0.2, -0.15) is 0 Å². The molecular formula is C23H23FN2O3. The van der Waals surface area contributed by atoms with Crippen LogP contribution in [0, 0.1) is 5.82 Å². The quantitative estimate of drug-likeness (QED) is 0.530. The van der Waals surface area contributed by atoms with E-state index < -0.39 is 0 Å². The Morgan fingerprint density at radius 2 is 1.66 bits per heavy atom. The summed E-state index contributed by atoms with van der Waals surface area (Å²) in [6.45, 7) is 1.36. The van der Waals surface area contributed by atoms with Crippen LogP contribution in [0.1, 0.15) is 17.5 Å². The van der Waals surface area contributed by atoms with E-state index in [4.69, 9.17) is 9.47 Å². The zero-order chi connectivity index (χ0) is 20.3. The Labute approximate surface area is 169 Å². The number of pyridine rings is 1. The van der Waals surface area contributed by atoms with Crippen molar-refractivity contribution in [3.05, 3.63) is 90.0 Å². The van der Waals surface area contributed by atoms with Gasteiger partial charge in [0.25, 0.3) is 0 Å². The van der Waals surface area contributed by atoms with Crippen LogP contribution in [0.2, 0.25) is 0 Å². The van der Waals surface area contributed by atoms with Gasteiger partial charge >= 0.3 is 0 Å². The van der Waals surface area contributed by atoms with Crippen LogP contribution in [0.15, 0.2) is 73.1 Å². The Morgan fingerprint density at radius 3 is 2.38 bits per heavy atom. The van der Waals surface area contributed by atoms with E-state index in [1.165, 1.54) is 12.1 Å². The van der Waals surface area contributed by atoms with E-state index in [1.54, 1.807) is 18.5 Å². The molecular weight excluding hydrogens is 371 g/mol. The molecule has 1 aromatic heterocycles. The number of benzene rings is 2. The van der Waals surface area contributed by atoms with E-state index in [-0.39, 0.29) is 11.7 Å². The Bertz CT molecular complexity index is 902. The van der Waals surface area contributed by atoms with Gasteiger partial charge in [0, 0.05) is 18.9 Å². The topological polar surface area (TPSA) is 60.5 Å². The normalized spacial score (nSPS) is 10.4. The van der Waals surface area contributed by atoms with Crippen molar-refractivity contribution < 1.29 is 18.7 Å². The molecule has 29 heavy (non-hydrogen) atoms. The molecule has 5 nitrogen and oxygen atoms in total. The summed E-state index contributed by atoms with van der Waals surface area (Å²) in [4.78, 5) is 15.8. The molecule has 3 rings (SSSR count). The summed E-state index contributed by atoms with van der Waals surface area (Å²) in [5.74, 6) is 1.12. The van der Waals surface area contributed by atoms with Crippen molar-refractivity contribution in [2.45, 2.75) is 19.4 Å². The standard InChI is InChI=1S/C23H23FN2O3/c24-20-4-1-3-19(15-20)17-29-22-7-5-21(6-8-22)28-14-2-11-26-23(27)16-18-9-12-25-13-10-18/h1,3-10,12-13,15H,2,11,14,16-17H2,(H,26,27). The molecule has 0 saturated heterocycles. The van der Waals surface area contributed by atoms with Crippen LogP contribution in [0.5, 0.6) is 11.5 Å². The smallest absolute Gasteiger partial charge is 0.224 e. The van der Waals surface area contributed by atoms with E-state index in [2.05, 4.69) is 10.3 Å². The molecule has 1 N–H and O–H groups in total. The van der Waals surface area contributed by atoms with Crippen molar-refractivity contribution >= 4 is 5.91 Å². The molecule has 0 atom stereocenters. The molecule has 1 amide bonds. The van der Waals surface area contributed by atoms with E-state index >= 15 is 0 Å². The number of nitrogens with one attached hydrogen (secondary N) is 1. The third kappa shape index (κ3) is 7.25. The first-order chi connectivity index (χ1) is 14.2. The second-order valence-electron chi connectivity index (χ2n) is 6.47. The van der Waals surface area contributed by atoms with Crippen LogP contribution < -0.4 is 14.8 Å². The van der Waals surface area contributed by atoms with Crippen LogP contribution in [0.25, 0.3) is 0 Å². The third-order valence-electron chi connectivity index (χ3n) is 4.14. The lowest BCUT2D eigenvalue weighted by Crippen LogP contribution is -2.27. The maximum Gasteiger partial charge on any atom is 0.224 e. The van der Waals surface area contributed by atoms with Gasteiger partial charge in [0.05, 0.1) is 13.0 Å². The van der Waals surface area contributed by atoms with Crippen LogP contribution in [-0.2, 0) is 17.8 Å².